The van der Waals surface area contributed by atoms with Crippen LogP contribution >= 0.6 is 27.7 Å². The van der Waals surface area contributed by atoms with Crippen LogP contribution in [-0.4, -0.2) is 17.5 Å². The minimum absolute atomic E-state index is 0.209. The van der Waals surface area contributed by atoms with Crippen LogP contribution in [0.4, 0.5) is 4.39 Å². The van der Waals surface area contributed by atoms with Gasteiger partial charge in [0.2, 0.25) is 0 Å². The zero-order valence-corrected chi connectivity index (χ0v) is 11.9. The van der Waals surface area contributed by atoms with Gasteiger partial charge in [0.05, 0.1) is 4.47 Å². The summed E-state index contributed by atoms with van der Waals surface area (Å²) in [4.78, 5) is 0. The first-order valence-corrected chi connectivity index (χ1v) is 7.64. The van der Waals surface area contributed by atoms with E-state index in [4.69, 9.17) is 5.84 Å². The van der Waals surface area contributed by atoms with Crippen LogP contribution in [0.5, 0.6) is 0 Å². The minimum atomic E-state index is -0.209. The summed E-state index contributed by atoms with van der Waals surface area (Å²) in [6.07, 6.45) is 1.95. The van der Waals surface area contributed by atoms with Crippen molar-refractivity contribution in [2.24, 2.45) is 11.8 Å². The third-order valence-corrected chi connectivity index (χ3v) is 5.30. The Balaban J connectivity index is 2.09. The van der Waals surface area contributed by atoms with E-state index in [9.17, 15) is 4.39 Å². The van der Waals surface area contributed by atoms with Crippen molar-refractivity contribution in [3.8, 4) is 0 Å². The highest BCUT2D eigenvalue weighted by Gasteiger charge is 2.25. The molecule has 2 nitrogen and oxygen atoms in total. The number of thioether (sulfide) groups is 1. The van der Waals surface area contributed by atoms with Crippen molar-refractivity contribution in [1.29, 1.82) is 0 Å². The van der Waals surface area contributed by atoms with Gasteiger partial charge < -0.3 is 0 Å². The Bertz CT molecular complexity index is 383. The van der Waals surface area contributed by atoms with E-state index in [-0.39, 0.29) is 11.9 Å². The molecule has 1 aliphatic rings. The maximum absolute atomic E-state index is 13.4. The second-order valence-corrected chi connectivity index (χ2v) is 6.26. The third-order valence-electron chi connectivity index (χ3n) is 3.22. The molecule has 0 saturated carbocycles. The van der Waals surface area contributed by atoms with Gasteiger partial charge in [0, 0.05) is 6.04 Å². The van der Waals surface area contributed by atoms with E-state index in [0.717, 1.165) is 17.7 Å². The van der Waals surface area contributed by atoms with Gasteiger partial charge in [0.15, 0.2) is 0 Å². The highest BCUT2D eigenvalue weighted by atomic mass is 79.9. The van der Waals surface area contributed by atoms with E-state index in [1.54, 1.807) is 6.07 Å². The highest BCUT2D eigenvalue weighted by molar-refractivity contribution is 9.10. The summed E-state index contributed by atoms with van der Waals surface area (Å²) in [5.74, 6) is 8.34. The van der Waals surface area contributed by atoms with E-state index in [1.807, 2.05) is 17.8 Å². The fourth-order valence-electron chi connectivity index (χ4n) is 2.17. The Morgan fingerprint density at radius 2 is 2.41 bits per heavy atom. The van der Waals surface area contributed by atoms with E-state index in [1.165, 1.54) is 18.2 Å². The molecule has 1 aliphatic heterocycles. The molecule has 2 rings (SSSR count). The maximum Gasteiger partial charge on any atom is 0.137 e. The molecule has 1 saturated heterocycles. The van der Waals surface area contributed by atoms with Gasteiger partial charge in [-0.15, -0.1) is 0 Å². The fourth-order valence-corrected chi connectivity index (χ4v) is 3.94. The Labute approximate surface area is 114 Å². The molecule has 2 atom stereocenters. The Morgan fingerprint density at radius 1 is 1.59 bits per heavy atom. The molecular formula is C12H16BrFN2S. The van der Waals surface area contributed by atoms with E-state index in [2.05, 4.69) is 21.4 Å². The summed E-state index contributed by atoms with van der Waals surface area (Å²) in [6.45, 7) is 0. The fraction of sp³-hybridized carbons (Fsp3) is 0.500. The molecule has 0 aliphatic carbocycles. The highest BCUT2D eigenvalue weighted by Crippen LogP contribution is 2.29. The molecule has 0 aromatic heterocycles. The van der Waals surface area contributed by atoms with Crippen LogP contribution in [0.1, 0.15) is 12.0 Å². The first-order chi connectivity index (χ1) is 8.22. The van der Waals surface area contributed by atoms with Crippen LogP contribution < -0.4 is 11.3 Å². The minimum Gasteiger partial charge on any atom is -0.271 e. The first-order valence-electron chi connectivity index (χ1n) is 5.69. The van der Waals surface area contributed by atoms with Crippen molar-refractivity contribution in [2.75, 3.05) is 11.5 Å². The second-order valence-electron chi connectivity index (χ2n) is 4.31. The van der Waals surface area contributed by atoms with Crippen molar-refractivity contribution < 1.29 is 4.39 Å². The summed E-state index contributed by atoms with van der Waals surface area (Å²) >= 11 is 5.26. The average molecular weight is 319 g/mol. The molecule has 1 aromatic carbocycles. The summed E-state index contributed by atoms with van der Waals surface area (Å²) in [6, 6.07) is 5.37. The average Bonchev–Trinajstić information content (AvgIpc) is 2.85. The van der Waals surface area contributed by atoms with Gasteiger partial charge in [-0.25, -0.2) is 4.39 Å². The van der Waals surface area contributed by atoms with Gasteiger partial charge in [-0.2, -0.15) is 11.8 Å². The number of benzene rings is 1. The first kappa shape index (κ1) is 13.3. The molecular weight excluding hydrogens is 303 g/mol. The number of nitrogens with one attached hydrogen (secondary N) is 1. The van der Waals surface area contributed by atoms with Crippen LogP contribution in [0.25, 0.3) is 0 Å². The van der Waals surface area contributed by atoms with Crippen LogP contribution in [0.15, 0.2) is 22.7 Å². The van der Waals surface area contributed by atoms with E-state index in [0.29, 0.717) is 10.4 Å². The van der Waals surface area contributed by atoms with Crippen LogP contribution in [0.2, 0.25) is 0 Å². The molecule has 94 valence electrons. The van der Waals surface area contributed by atoms with E-state index < -0.39 is 0 Å². The molecule has 1 heterocycles. The largest absolute Gasteiger partial charge is 0.271 e. The standard InChI is InChI=1S/C12H16BrFN2S/c13-12-8(2-1-3-10(12)14)6-11(16-15)9-4-5-17-7-9/h1-3,9,11,16H,4-7,15H2. The van der Waals surface area contributed by atoms with Crippen LogP contribution in [0.3, 0.4) is 0 Å². The van der Waals surface area contributed by atoms with Crippen molar-refractivity contribution >= 4 is 27.7 Å². The van der Waals surface area contributed by atoms with Gasteiger partial charge in [-0.1, -0.05) is 12.1 Å². The second kappa shape index (κ2) is 6.18. The van der Waals surface area contributed by atoms with Crippen molar-refractivity contribution in [1.82, 2.24) is 5.43 Å². The molecule has 1 aromatic rings. The predicted octanol–water partition coefficient (Wildman–Crippen LogP) is 2.72. The van der Waals surface area contributed by atoms with Crippen molar-refractivity contribution in [3.05, 3.63) is 34.1 Å². The predicted molar refractivity (Wildman–Crippen MR) is 74.3 cm³/mol. The Kier molecular flexibility index (Phi) is 4.85. The number of rotatable bonds is 4. The topological polar surface area (TPSA) is 38.0 Å². The zero-order chi connectivity index (χ0) is 12.3. The summed E-state index contributed by atoms with van der Waals surface area (Å²) in [5, 5.41) is 0. The quantitative estimate of drug-likeness (QED) is 0.662. The Hall–Kier alpha value is -0.100. The van der Waals surface area contributed by atoms with Crippen LogP contribution in [-0.2, 0) is 6.42 Å². The van der Waals surface area contributed by atoms with Gasteiger partial charge in [-0.3, -0.25) is 11.3 Å². The van der Waals surface area contributed by atoms with Crippen LogP contribution in [0, 0.1) is 11.7 Å². The molecule has 0 bridgehead atoms. The maximum atomic E-state index is 13.4. The lowest BCUT2D eigenvalue weighted by atomic mass is 9.93. The summed E-state index contributed by atoms with van der Waals surface area (Å²) in [7, 11) is 0. The lowest BCUT2D eigenvalue weighted by molar-refractivity contribution is 0.385. The lowest BCUT2D eigenvalue weighted by Crippen LogP contribution is -2.42. The SMILES string of the molecule is NNC(Cc1cccc(F)c1Br)C1CCSC1. The van der Waals surface area contributed by atoms with Gasteiger partial charge in [-0.05, 0) is 57.8 Å². The number of halogens is 2. The zero-order valence-electron chi connectivity index (χ0n) is 9.46. The molecule has 0 radical (unpaired) electrons. The van der Waals surface area contributed by atoms with Gasteiger partial charge in [0.25, 0.3) is 0 Å². The molecule has 0 spiro atoms. The number of hydrogen-bond acceptors (Lipinski definition) is 3. The normalized spacial score (nSPS) is 21.7. The smallest absolute Gasteiger partial charge is 0.137 e. The molecule has 17 heavy (non-hydrogen) atoms. The molecule has 5 heteroatoms. The van der Waals surface area contributed by atoms with E-state index >= 15 is 0 Å². The number of hydrazine groups is 1. The van der Waals surface area contributed by atoms with Gasteiger partial charge in [0.1, 0.15) is 5.82 Å². The molecule has 0 amide bonds. The summed E-state index contributed by atoms with van der Waals surface area (Å²) < 4.78 is 14.0. The van der Waals surface area contributed by atoms with Gasteiger partial charge >= 0.3 is 0 Å². The monoisotopic (exact) mass is 318 g/mol. The molecule has 1 fully saturated rings. The number of hydrogen-bond donors (Lipinski definition) is 2. The number of nitrogens with two attached hydrogens (primary N) is 1. The van der Waals surface area contributed by atoms with Crippen molar-refractivity contribution in [2.45, 2.75) is 18.9 Å². The molecule has 2 unspecified atom stereocenters. The Morgan fingerprint density at radius 3 is 3.06 bits per heavy atom. The van der Waals surface area contributed by atoms with Crippen molar-refractivity contribution in [3.63, 3.8) is 0 Å². The third kappa shape index (κ3) is 3.22. The molecule has 3 N–H and O–H groups in total. The lowest BCUT2D eigenvalue weighted by Gasteiger charge is -2.22. The summed E-state index contributed by atoms with van der Waals surface area (Å²) in [5.41, 5.74) is 3.86.